The quantitative estimate of drug-likeness (QED) is 0.805. The Morgan fingerprint density at radius 3 is 3.12 bits per heavy atom. The van der Waals surface area contributed by atoms with Crippen molar-refractivity contribution < 1.29 is 4.52 Å². The monoisotopic (exact) mass is 233 g/mol. The van der Waals surface area contributed by atoms with E-state index in [-0.39, 0.29) is 0 Å². The lowest BCUT2D eigenvalue weighted by Gasteiger charge is -2.11. The molecule has 0 amide bonds. The molecule has 0 radical (unpaired) electrons. The zero-order chi connectivity index (χ0) is 11.7. The molecule has 2 heterocycles. The molecule has 6 heteroatoms. The Bertz CT molecular complexity index is 474. The van der Waals surface area contributed by atoms with Gasteiger partial charge in [-0.2, -0.15) is 4.98 Å². The highest BCUT2D eigenvalue weighted by molar-refractivity contribution is 5.40. The molecule has 2 N–H and O–H groups in total. The molecule has 0 bridgehead atoms. The van der Waals surface area contributed by atoms with Crippen LogP contribution in [0.15, 0.2) is 16.9 Å². The normalized spacial score (nSPS) is 17.2. The Morgan fingerprint density at radius 1 is 1.59 bits per heavy atom. The fourth-order valence-electron chi connectivity index (χ4n) is 2.01. The third-order valence-electron chi connectivity index (χ3n) is 3.13. The van der Waals surface area contributed by atoms with Gasteiger partial charge in [-0.3, -0.25) is 0 Å². The minimum Gasteiger partial charge on any atom is -0.342 e. The minimum absolute atomic E-state index is 0.444. The fraction of sp³-hybridized carbons (Fsp3) is 0.545. The van der Waals surface area contributed by atoms with Crippen molar-refractivity contribution in [2.75, 3.05) is 7.05 Å². The van der Waals surface area contributed by atoms with Gasteiger partial charge in [0.05, 0.1) is 0 Å². The molecular formula is C11H15N5O. The summed E-state index contributed by atoms with van der Waals surface area (Å²) in [5.74, 6) is 2.60. The second kappa shape index (κ2) is 4.29. The highest BCUT2D eigenvalue weighted by Gasteiger charge is 2.31. The Morgan fingerprint density at radius 2 is 2.47 bits per heavy atom. The van der Waals surface area contributed by atoms with E-state index in [1.807, 2.05) is 7.05 Å². The Balaban J connectivity index is 1.71. The van der Waals surface area contributed by atoms with Crippen LogP contribution in [0.2, 0.25) is 0 Å². The average Bonchev–Trinajstić information content (AvgIpc) is 2.88. The second-order valence-electron chi connectivity index (χ2n) is 4.39. The molecular weight excluding hydrogens is 218 g/mol. The molecule has 90 valence electrons. The molecule has 2 aromatic heterocycles. The Kier molecular flexibility index (Phi) is 2.64. The first kappa shape index (κ1) is 10.5. The summed E-state index contributed by atoms with van der Waals surface area (Å²) in [5, 5.41) is 7.22. The lowest BCUT2D eigenvalue weighted by molar-refractivity contribution is 0.352. The Hall–Kier alpha value is -1.69. The van der Waals surface area contributed by atoms with Gasteiger partial charge in [-0.25, -0.2) is 4.98 Å². The largest absolute Gasteiger partial charge is 0.342 e. The second-order valence-corrected chi connectivity index (χ2v) is 4.39. The molecule has 3 rings (SSSR count). The molecule has 0 saturated heterocycles. The van der Waals surface area contributed by atoms with Crippen LogP contribution in [0.4, 0.5) is 0 Å². The Labute approximate surface area is 98.8 Å². The summed E-state index contributed by atoms with van der Waals surface area (Å²) >= 11 is 0. The molecule has 1 fully saturated rings. The summed E-state index contributed by atoms with van der Waals surface area (Å²) in [6, 6.07) is 0.444. The number of nitrogens with one attached hydrogen (secondary N) is 2. The highest BCUT2D eigenvalue weighted by Crippen LogP contribution is 2.33. The summed E-state index contributed by atoms with van der Waals surface area (Å²) in [6.07, 6.45) is 6.79. The lowest BCUT2D eigenvalue weighted by atomic mass is 10.1. The molecule has 6 nitrogen and oxygen atoms in total. The first-order valence-electron chi connectivity index (χ1n) is 5.86. The molecule has 1 atom stereocenters. The molecule has 1 saturated carbocycles. The van der Waals surface area contributed by atoms with E-state index in [9.17, 15) is 0 Å². The maximum absolute atomic E-state index is 5.24. The number of rotatable bonds is 5. The number of hydrogen-bond donors (Lipinski definition) is 2. The summed E-state index contributed by atoms with van der Waals surface area (Å²) in [6.45, 7) is 0. The summed E-state index contributed by atoms with van der Waals surface area (Å²) in [7, 11) is 1.98. The van der Waals surface area contributed by atoms with Crippen molar-refractivity contribution in [3.05, 3.63) is 18.3 Å². The maximum Gasteiger partial charge on any atom is 0.238 e. The molecule has 0 aromatic carbocycles. The topological polar surface area (TPSA) is 79.6 Å². The van der Waals surface area contributed by atoms with Gasteiger partial charge < -0.3 is 14.8 Å². The van der Waals surface area contributed by atoms with Gasteiger partial charge in [-0.1, -0.05) is 5.16 Å². The van der Waals surface area contributed by atoms with Crippen molar-refractivity contribution in [2.24, 2.45) is 5.92 Å². The summed E-state index contributed by atoms with van der Waals surface area (Å²) in [4.78, 5) is 11.4. The van der Waals surface area contributed by atoms with Crippen molar-refractivity contribution in [2.45, 2.75) is 25.3 Å². The number of imidazole rings is 1. The molecule has 1 aliphatic carbocycles. The van der Waals surface area contributed by atoms with Crippen LogP contribution in [0.3, 0.4) is 0 Å². The van der Waals surface area contributed by atoms with Crippen LogP contribution in [0.1, 0.15) is 18.7 Å². The molecule has 0 aliphatic heterocycles. The summed E-state index contributed by atoms with van der Waals surface area (Å²) < 4.78 is 5.24. The molecule has 2 aromatic rings. The van der Waals surface area contributed by atoms with Crippen LogP contribution in [0.25, 0.3) is 11.6 Å². The molecule has 17 heavy (non-hydrogen) atoms. The van der Waals surface area contributed by atoms with Crippen molar-refractivity contribution >= 4 is 0 Å². The van der Waals surface area contributed by atoms with Gasteiger partial charge in [0, 0.05) is 24.9 Å². The SMILES string of the molecule is CNC(Cc1nc(-c2ncc[nH]2)no1)C1CC1. The van der Waals surface area contributed by atoms with E-state index in [4.69, 9.17) is 4.52 Å². The van der Waals surface area contributed by atoms with Crippen LogP contribution in [0, 0.1) is 5.92 Å². The van der Waals surface area contributed by atoms with Gasteiger partial charge in [0.15, 0.2) is 5.82 Å². The van der Waals surface area contributed by atoms with Crippen LogP contribution < -0.4 is 5.32 Å². The maximum atomic E-state index is 5.24. The van der Waals surface area contributed by atoms with E-state index >= 15 is 0 Å². The average molecular weight is 233 g/mol. The van der Waals surface area contributed by atoms with E-state index in [1.54, 1.807) is 12.4 Å². The molecule has 1 aliphatic rings. The molecule has 0 spiro atoms. The lowest BCUT2D eigenvalue weighted by Crippen LogP contribution is -2.29. The van der Waals surface area contributed by atoms with Crippen LogP contribution in [0.5, 0.6) is 0 Å². The van der Waals surface area contributed by atoms with E-state index in [1.165, 1.54) is 12.8 Å². The van der Waals surface area contributed by atoms with Crippen molar-refractivity contribution in [1.29, 1.82) is 0 Å². The van der Waals surface area contributed by atoms with E-state index < -0.39 is 0 Å². The van der Waals surface area contributed by atoms with E-state index in [0.717, 1.165) is 12.3 Å². The first-order valence-corrected chi connectivity index (χ1v) is 5.86. The first-order chi connectivity index (χ1) is 8.36. The van der Waals surface area contributed by atoms with Crippen molar-refractivity contribution in [1.82, 2.24) is 25.4 Å². The number of aromatic amines is 1. The van der Waals surface area contributed by atoms with Gasteiger partial charge in [0.25, 0.3) is 0 Å². The van der Waals surface area contributed by atoms with Crippen LogP contribution in [-0.2, 0) is 6.42 Å². The highest BCUT2D eigenvalue weighted by atomic mass is 16.5. The standard InChI is InChI=1S/C11H15N5O/c1-12-8(7-2-3-7)6-9-15-11(16-17-9)10-13-4-5-14-10/h4-5,7-8,12H,2-3,6H2,1H3,(H,13,14). The summed E-state index contributed by atoms with van der Waals surface area (Å²) in [5.41, 5.74) is 0. The number of H-pyrrole nitrogens is 1. The number of aromatic nitrogens is 4. The third kappa shape index (κ3) is 2.21. The third-order valence-corrected chi connectivity index (χ3v) is 3.13. The van der Waals surface area contributed by atoms with Gasteiger partial charge in [0.1, 0.15) is 0 Å². The van der Waals surface area contributed by atoms with Crippen molar-refractivity contribution in [3.63, 3.8) is 0 Å². The number of hydrogen-bond acceptors (Lipinski definition) is 5. The zero-order valence-corrected chi connectivity index (χ0v) is 9.68. The van der Waals surface area contributed by atoms with Crippen LogP contribution in [-0.4, -0.2) is 33.2 Å². The predicted octanol–water partition coefficient (Wildman–Crippen LogP) is 1.00. The number of nitrogens with zero attached hydrogens (tertiary/aromatic N) is 3. The van der Waals surface area contributed by atoms with Crippen molar-refractivity contribution in [3.8, 4) is 11.6 Å². The van der Waals surface area contributed by atoms with E-state index in [0.29, 0.717) is 23.6 Å². The minimum atomic E-state index is 0.444. The smallest absolute Gasteiger partial charge is 0.238 e. The fourth-order valence-corrected chi connectivity index (χ4v) is 2.01. The number of likely N-dealkylation sites (N-methyl/N-ethyl adjacent to an activating group) is 1. The van der Waals surface area contributed by atoms with Gasteiger partial charge in [-0.05, 0) is 25.8 Å². The van der Waals surface area contributed by atoms with Gasteiger partial charge >= 0.3 is 0 Å². The zero-order valence-electron chi connectivity index (χ0n) is 9.68. The van der Waals surface area contributed by atoms with Crippen LogP contribution >= 0.6 is 0 Å². The van der Waals surface area contributed by atoms with Gasteiger partial charge in [0.2, 0.25) is 11.7 Å². The predicted molar refractivity (Wildman–Crippen MR) is 61.2 cm³/mol. The molecule has 1 unspecified atom stereocenters. The van der Waals surface area contributed by atoms with Gasteiger partial charge in [-0.15, -0.1) is 0 Å². The van der Waals surface area contributed by atoms with E-state index in [2.05, 4.69) is 25.4 Å².